The highest BCUT2D eigenvalue weighted by molar-refractivity contribution is 6.29. The lowest BCUT2D eigenvalue weighted by atomic mass is 10.1. The zero-order valence-corrected chi connectivity index (χ0v) is 18.7. The van der Waals surface area contributed by atoms with E-state index >= 15 is 0 Å². The van der Waals surface area contributed by atoms with Gasteiger partial charge < -0.3 is 25.0 Å². The number of amides is 2. The molecule has 11 heteroatoms. The molecule has 1 aliphatic rings. The number of carbonyl (C=O) groups is 2. The number of nitrogens with zero attached hydrogens (tertiary/aromatic N) is 5. The molecule has 1 unspecified atom stereocenters. The molecule has 0 saturated carbocycles. The molecule has 0 radical (unpaired) electrons. The van der Waals surface area contributed by atoms with E-state index in [1.807, 2.05) is 18.2 Å². The summed E-state index contributed by atoms with van der Waals surface area (Å²) in [6.45, 7) is 0.937. The number of nitrogens with two attached hydrogens (primary N) is 1. The van der Waals surface area contributed by atoms with E-state index in [0.717, 1.165) is 10.9 Å². The van der Waals surface area contributed by atoms with Crippen LogP contribution in [0.3, 0.4) is 0 Å². The van der Waals surface area contributed by atoms with Crippen LogP contribution in [0.4, 0.5) is 5.82 Å². The number of methoxy groups -OCH3 is 1. The summed E-state index contributed by atoms with van der Waals surface area (Å²) in [7, 11) is 1.49. The van der Waals surface area contributed by atoms with Crippen LogP contribution in [0.25, 0.3) is 10.9 Å². The number of halogens is 1. The Labute approximate surface area is 195 Å². The third kappa shape index (κ3) is 5.12. The fourth-order valence-electron chi connectivity index (χ4n) is 3.74. The number of piperazine rings is 1. The number of ether oxygens (including phenoxy) is 2. The molecule has 4 rings (SSSR count). The minimum absolute atomic E-state index is 0.0813. The summed E-state index contributed by atoms with van der Waals surface area (Å²) in [5.74, 6) is 0.124. The third-order valence-electron chi connectivity index (χ3n) is 5.37. The van der Waals surface area contributed by atoms with Gasteiger partial charge in [0, 0.05) is 38.2 Å². The molecule has 3 aromatic rings. The Morgan fingerprint density at radius 3 is 2.88 bits per heavy atom. The Balaban J connectivity index is 1.44. The molecule has 1 atom stereocenters. The fraction of sp³-hybridized carbons (Fsp3) is 0.318. The minimum atomic E-state index is -0.745. The van der Waals surface area contributed by atoms with E-state index in [9.17, 15) is 9.59 Å². The first kappa shape index (κ1) is 22.7. The molecule has 1 saturated heterocycles. The van der Waals surface area contributed by atoms with Gasteiger partial charge in [0.15, 0.2) is 6.61 Å². The van der Waals surface area contributed by atoms with Crippen LogP contribution in [-0.2, 0) is 20.9 Å². The maximum absolute atomic E-state index is 13.2. The van der Waals surface area contributed by atoms with Crippen molar-refractivity contribution in [3.8, 4) is 5.88 Å². The van der Waals surface area contributed by atoms with E-state index in [-0.39, 0.29) is 36.1 Å². The highest BCUT2D eigenvalue weighted by atomic mass is 35.5. The lowest BCUT2D eigenvalue weighted by molar-refractivity contribution is -0.155. The maximum Gasteiger partial charge on any atom is 0.261 e. The summed E-state index contributed by atoms with van der Waals surface area (Å²) >= 11 is 5.85. The summed E-state index contributed by atoms with van der Waals surface area (Å²) in [4.78, 5) is 41.5. The minimum Gasteiger partial charge on any atom is -0.468 e. The lowest BCUT2D eigenvalue weighted by Gasteiger charge is -2.40. The maximum atomic E-state index is 13.2. The number of nitrogen functional groups attached to an aromatic ring is 1. The standard InChI is InChI=1S/C22H23ClN6O4/c1-32-11-17-22(31)28(10-14-5-6-15-16(9-14)25-13-26-21(15)24)7-8-29(17)20(30)12-33-19-4-2-3-18(23)27-19/h2-6,9,13,17H,7-8,10-12H2,1H3,(H2,24,25,26). The van der Waals surface area contributed by atoms with Crippen molar-refractivity contribution in [1.29, 1.82) is 0 Å². The Morgan fingerprint density at radius 2 is 2.09 bits per heavy atom. The quantitative estimate of drug-likeness (QED) is 0.515. The van der Waals surface area contributed by atoms with Crippen LogP contribution in [0.2, 0.25) is 5.15 Å². The highest BCUT2D eigenvalue weighted by Crippen LogP contribution is 2.21. The van der Waals surface area contributed by atoms with Gasteiger partial charge >= 0.3 is 0 Å². The SMILES string of the molecule is COCC1C(=O)N(Cc2ccc3c(N)ncnc3c2)CCN1C(=O)COc1cccc(Cl)n1. The largest absolute Gasteiger partial charge is 0.468 e. The second-order valence-electron chi connectivity index (χ2n) is 7.52. The second kappa shape index (κ2) is 9.97. The van der Waals surface area contributed by atoms with Gasteiger partial charge in [-0.15, -0.1) is 0 Å². The predicted octanol–water partition coefficient (Wildman–Crippen LogP) is 1.53. The van der Waals surface area contributed by atoms with Crippen molar-refractivity contribution in [3.05, 3.63) is 53.4 Å². The number of pyridine rings is 1. The van der Waals surface area contributed by atoms with Crippen LogP contribution in [0.15, 0.2) is 42.7 Å². The Bertz CT molecular complexity index is 1180. The predicted molar refractivity (Wildman–Crippen MR) is 121 cm³/mol. The number of anilines is 1. The first-order valence-corrected chi connectivity index (χ1v) is 10.7. The molecule has 2 aromatic heterocycles. The van der Waals surface area contributed by atoms with E-state index in [2.05, 4.69) is 15.0 Å². The van der Waals surface area contributed by atoms with Crippen molar-refractivity contribution in [2.45, 2.75) is 12.6 Å². The lowest BCUT2D eigenvalue weighted by Crippen LogP contribution is -2.60. The molecular formula is C22H23ClN6O4. The van der Waals surface area contributed by atoms with Crippen molar-refractivity contribution in [1.82, 2.24) is 24.8 Å². The average Bonchev–Trinajstić information content (AvgIpc) is 2.80. The second-order valence-corrected chi connectivity index (χ2v) is 7.90. The average molecular weight is 471 g/mol. The van der Waals surface area contributed by atoms with Gasteiger partial charge in [0.2, 0.25) is 11.8 Å². The van der Waals surface area contributed by atoms with Gasteiger partial charge in [0.05, 0.1) is 12.1 Å². The van der Waals surface area contributed by atoms with Crippen molar-refractivity contribution in [3.63, 3.8) is 0 Å². The van der Waals surface area contributed by atoms with Gasteiger partial charge in [-0.1, -0.05) is 23.7 Å². The van der Waals surface area contributed by atoms with Gasteiger partial charge in [0.1, 0.15) is 23.3 Å². The van der Waals surface area contributed by atoms with Gasteiger partial charge in [-0.2, -0.15) is 0 Å². The van der Waals surface area contributed by atoms with Crippen LogP contribution in [0.5, 0.6) is 5.88 Å². The van der Waals surface area contributed by atoms with E-state index in [1.165, 1.54) is 18.3 Å². The van der Waals surface area contributed by atoms with Crippen molar-refractivity contribution < 1.29 is 19.1 Å². The molecule has 1 aromatic carbocycles. The van der Waals surface area contributed by atoms with Crippen molar-refractivity contribution in [2.24, 2.45) is 0 Å². The topological polar surface area (TPSA) is 124 Å². The van der Waals surface area contributed by atoms with Crippen LogP contribution >= 0.6 is 11.6 Å². The zero-order chi connectivity index (χ0) is 23.4. The van der Waals surface area contributed by atoms with Gasteiger partial charge in [-0.05, 0) is 23.8 Å². The Morgan fingerprint density at radius 1 is 1.24 bits per heavy atom. The van der Waals surface area contributed by atoms with E-state index in [1.54, 1.807) is 23.1 Å². The fourth-order valence-corrected chi connectivity index (χ4v) is 3.90. The molecule has 1 fully saturated rings. The van der Waals surface area contributed by atoms with Crippen LogP contribution in [0, 0.1) is 0 Å². The molecule has 172 valence electrons. The molecule has 3 heterocycles. The van der Waals surface area contributed by atoms with Crippen molar-refractivity contribution >= 4 is 40.1 Å². The normalized spacial score (nSPS) is 16.3. The first-order chi connectivity index (χ1) is 16.0. The van der Waals surface area contributed by atoms with E-state index < -0.39 is 6.04 Å². The summed E-state index contributed by atoms with van der Waals surface area (Å²) in [5, 5.41) is 1.03. The summed E-state index contributed by atoms with van der Waals surface area (Å²) in [6.07, 6.45) is 1.41. The number of carbonyl (C=O) groups excluding carboxylic acids is 2. The molecule has 2 amide bonds. The van der Waals surface area contributed by atoms with Crippen LogP contribution < -0.4 is 10.5 Å². The molecular weight excluding hydrogens is 448 g/mol. The van der Waals surface area contributed by atoms with Crippen LogP contribution in [-0.4, -0.2) is 76.0 Å². The van der Waals surface area contributed by atoms with Gasteiger partial charge in [-0.25, -0.2) is 15.0 Å². The number of rotatable bonds is 7. The summed E-state index contributed by atoms with van der Waals surface area (Å²) < 4.78 is 10.7. The Kier molecular flexibility index (Phi) is 6.85. The molecule has 1 aliphatic heterocycles. The molecule has 33 heavy (non-hydrogen) atoms. The molecule has 0 aliphatic carbocycles. The van der Waals surface area contributed by atoms with Gasteiger partial charge in [-0.3, -0.25) is 9.59 Å². The highest BCUT2D eigenvalue weighted by Gasteiger charge is 2.37. The summed E-state index contributed by atoms with van der Waals surface area (Å²) in [6, 6.07) is 9.78. The van der Waals surface area contributed by atoms with E-state index in [0.29, 0.717) is 31.0 Å². The monoisotopic (exact) mass is 470 g/mol. The smallest absolute Gasteiger partial charge is 0.261 e. The third-order valence-corrected chi connectivity index (χ3v) is 5.58. The van der Waals surface area contributed by atoms with Crippen molar-refractivity contribution in [2.75, 3.05) is 39.1 Å². The zero-order valence-electron chi connectivity index (χ0n) is 18.0. The van der Waals surface area contributed by atoms with E-state index in [4.69, 9.17) is 26.8 Å². The number of benzene rings is 1. The summed E-state index contributed by atoms with van der Waals surface area (Å²) in [5.41, 5.74) is 7.50. The number of hydrogen-bond acceptors (Lipinski definition) is 8. The number of fused-ring (bicyclic) bond motifs is 1. The number of aromatic nitrogens is 3. The number of hydrogen-bond donors (Lipinski definition) is 1. The van der Waals surface area contributed by atoms with Crippen LogP contribution in [0.1, 0.15) is 5.56 Å². The molecule has 0 bridgehead atoms. The molecule has 0 spiro atoms. The molecule has 10 nitrogen and oxygen atoms in total. The first-order valence-electron chi connectivity index (χ1n) is 10.3. The molecule has 2 N–H and O–H groups in total. The Hall–Kier alpha value is -3.50. The van der Waals surface area contributed by atoms with Gasteiger partial charge in [0.25, 0.3) is 5.91 Å².